The average molecular weight is 369 g/mol. The number of nitrogens with zero attached hydrogens (tertiary/aromatic N) is 1. The van der Waals surface area contributed by atoms with E-state index in [1.165, 1.54) is 5.56 Å². The monoisotopic (exact) mass is 369 g/mol. The normalized spacial score (nSPS) is 13.9. The fourth-order valence-electron chi connectivity index (χ4n) is 3.70. The molecule has 1 aromatic heterocycles. The zero-order valence-electron chi connectivity index (χ0n) is 15.3. The molecule has 28 heavy (non-hydrogen) atoms. The molecule has 2 heterocycles. The topological polar surface area (TPSA) is 42.7 Å². The molecule has 4 heteroatoms. The van der Waals surface area contributed by atoms with Crippen LogP contribution in [0.4, 0.5) is 0 Å². The highest BCUT2D eigenvalue weighted by molar-refractivity contribution is 5.86. The minimum atomic E-state index is -0.327. The van der Waals surface area contributed by atoms with Crippen molar-refractivity contribution in [2.24, 2.45) is 0 Å². The second kappa shape index (κ2) is 6.98. The second-order valence-electron chi connectivity index (χ2n) is 7.02. The molecule has 0 saturated carbocycles. The van der Waals surface area contributed by atoms with Gasteiger partial charge in [-0.25, -0.2) is 4.79 Å². The molecular formula is C24H19NO3. The lowest BCUT2D eigenvalue weighted by Gasteiger charge is -2.29. The molecule has 5 rings (SSSR count). The van der Waals surface area contributed by atoms with E-state index in [0.29, 0.717) is 24.4 Å². The third-order valence-electron chi connectivity index (χ3n) is 5.08. The quantitative estimate of drug-likeness (QED) is 0.486. The Labute approximate surface area is 162 Å². The van der Waals surface area contributed by atoms with Crippen LogP contribution < -0.4 is 10.4 Å². The maximum Gasteiger partial charge on any atom is 0.344 e. The van der Waals surface area contributed by atoms with Crippen molar-refractivity contribution in [3.8, 4) is 16.9 Å². The van der Waals surface area contributed by atoms with Gasteiger partial charge in [-0.05, 0) is 29.3 Å². The molecule has 138 valence electrons. The summed E-state index contributed by atoms with van der Waals surface area (Å²) < 4.78 is 11.7. The molecule has 0 bridgehead atoms. The number of hydrogen-bond donors (Lipinski definition) is 0. The minimum absolute atomic E-state index is 0.327. The molecule has 0 spiro atoms. The largest absolute Gasteiger partial charge is 0.478 e. The summed E-state index contributed by atoms with van der Waals surface area (Å²) in [7, 11) is 0. The van der Waals surface area contributed by atoms with E-state index < -0.39 is 0 Å². The summed E-state index contributed by atoms with van der Waals surface area (Å²) in [5.41, 5.74) is 3.87. The molecule has 0 N–H and O–H groups in total. The number of ether oxygens (including phenoxy) is 1. The van der Waals surface area contributed by atoms with Gasteiger partial charge in [0.1, 0.15) is 18.1 Å². The molecule has 0 fully saturated rings. The van der Waals surface area contributed by atoms with Gasteiger partial charge in [0.15, 0.2) is 0 Å². The Morgan fingerprint density at radius 3 is 2.43 bits per heavy atom. The highest BCUT2D eigenvalue weighted by Crippen LogP contribution is 2.33. The van der Waals surface area contributed by atoms with Crippen LogP contribution in [0.5, 0.6) is 5.75 Å². The van der Waals surface area contributed by atoms with E-state index in [1.54, 1.807) is 0 Å². The van der Waals surface area contributed by atoms with Gasteiger partial charge in [-0.1, -0.05) is 60.7 Å². The van der Waals surface area contributed by atoms with Crippen molar-refractivity contribution in [3.05, 3.63) is 100 Å². The van der Waals surface area contributed by atoms with Crippen molar-refractivity contribution >= 4 is 11.0 Å². The van der Waals surface area contributed by atoms with Crippen LogP contribution in [0.1, 0.15) is 11.1 Å². The van der Waals surface area contributed by atoms with Gasteiger partial charge in [-0.15, -0.1) is 0 Å². The van der Waals surface area contributed by atoms with Gasteiger partial charge in [-0.2, -0.15) is 0 Å². The van der Waals surface area contributed by atoms with E-state index in [4.69, 9.17) is 9.15 Å². The Bertz CT molecular complexity index is 1180. The number of benzene rings is 3. The highest BCUT2D eigenvalue weighted by Gasteiger charge is 2.22. The lowest BCUT2D eigenvalue weighted by Crippen LogP contribution is -2.31. The Kier molecular flexibility index (Phi) is 4.18. The van der Waals surface area contributed by atoms with Crippen LogP contribution >= 0.6 is 0 Å². The van der Waals surface area contributed by atoms with Crippen molar-refractivity contribution < 1.29 is 9.15 Å². The van der Waals surface area contributed by atoms with Gasteiger partial charge in [0.25, 0.3) is 0 Å². The molecular weight excluding hydrogens is 350 g/mol. The summed E-state index contributed by atoms with van der Waals surface area (Å²) in [6.45, 7) is 1.97. The van der Waals surface area contributed by atoms with E-state index in [1.807, 2.05) is 66.7 Å². The molecule has 3 aromatic carbocycles. The number of rotatable bonds is 3. The first kappa shape index (κ1) is 16.8. The molecule has 0 atom stereocenters. The average Bonchev–Trinajstić information content (AvgIpc) is 2.75. The van der Waals surface area contributed by atoms with Gasteiger partial charge < -0.3 is 9.15 Å². The van der Waals surface area contributed by atoms with Gasteiger partial charge in [0.2, 0.25) is 0 Å². The fourth-order valence-corrected chi connectivity index (χ4v) is 3.70. The second-order valence-corrected chi connectivity index (χ2v) is 7.02. The molecule has 0 radical (unpaired) electrons. The van der Waals surface area contributed by atoms with Gasteiger partial charge in [0.05, 0.1) is 11.1 Å². The van der Waals surface area contributed by atoms with Crippen molar-refractivity contribution in [2.45, 2.75) is 13.1 Å². The van der Waals surface area contributed by atoms with Crippen LogP contribution in [0.25, 0.3) is 22.1 Å². The van der Waals surface area contributed by atoms with Gasteiger partial charge in [-0.3, -0.25) is 4.90 Å². The van der Waals surface area contributed by atoms with E-state index in [0.717, 1.165) is 28.8 Å². The molecule has 0 aliphatic carbocycles. The van der Waals surface area contributed by atoms with Crippen LogP contribution in [0.15, 0.2) is 88.1 Å². The Morgan fingerprint density at radius 1 is 0.893 bits per heavy atom. The summed E-state index contributed by atoms with van der Waals surface area (Å²) in [6, 6.07) is 25.7. The van der Waals surface area contributed by atoms with Crippen molar-refractivity contribution in [3.63, 3.8) is 0 Å². The van der Waals surface area contributed by atoms with Crippen molar-refractivity contribution in [1.82, 2.24) is 4.90 Å². The zero-order valence-corrected chi connectivity index (χ0v) is 15.3. The molecule has 4 nitrogen and oxygen atoms in total. The number of hydrogen-bond acceptors (Lipinski definition) is 4. The van der Waals surface area contributed by atoms with E-state index in [2.05, 4.69) is 17.0 Å². The molecule has 0 amide bonds. The van der Waals surface area contributed by atoms with Crippen LogP contribution in [0.2, 0.25) is 0 Å². The summed E-state index contributed by atoms with van der Waals surface area (Å²) in [6.07, 6.45) is 0. The maximum atomic E-state index is 12.7. The standard InChI is InChI=1S/C24H19NO3/c26-24-20(18-9-5-2-6-10-18)13-19-11-12-22-21(23(19)28-24)15-25(16-27-22)14-17-7-3-1-4-8-17/h1-13H,14-16H2. The van der Waals surface area contributed by atoms with Gasteiger partial charge >= 0.3 is 5.63 Å². The Morgan fingerprint density at radius 2 is 1.64 bits per heavy atom. The van der Waals surface area contributed by atoms with Crippen molar-refractivity contribution in [1.29, 1.82) is 0 Å². The molecule has 1 aliphatic heterocycles. The lowest BCUT2D eigenvalue weighted by atomic mass is 10.0. The smallest absolute Gasteiger partial charge is 0.344 e. The molecule has 4 aromatic rings. The predicted molar refractivity (Wildman–Crippen MR) is 109 cm³/mol. The Hall–Kier alpha value is -3.37. The molecule has 1 aliphatic rings. The predicted octanol–water partition coefficient (Wildman–Crippen LogP) is 4.81. The van der Waals surface area contributed by atoms with Crippen LogP contribution in [-0.2, 0) is 13.1 Å². The summed E-state index contributed by atoms with van der Waals surface area (Å²) in [4.78, 5) is 14.9. The lowest BCUT2D eigenvalue weighted by molar-refractivity contribution is 0.0890. The van der Waals surface area contributed by atoms with Crippen LogP contribution in [0, 0.1) is 0 Å². The van der Waals surface area contributed by atoms with Gasteiger partial charge in [0, 0.05) is 18.5 Å². The fraction of sp³-hybridized carbons (Fsp3) is 0.125. The summed E-state index contributed by atoms with van der Waals surface area (Å²) >= 11 is 0. The molecule has 0 unspecified atom stereocenters. The van der Waals surface area contributed by atoms with E-state index in [9.17, 15) is 4.79 Å². The maximum absolute atomic E-state index is 12.7. The van der Waals surface area contributed by atoms with Crippen LogP contribution in [-0.4, -0.2) is 11.6 Å². The zero-order chi connectivity index (χ0) is 18.9. The summed E-state index contributed by atoms with van der Waals surface area (Å²) in [5, 5.41) is 0.905. The third kappa shape index (κ3) is 3.08. The molecule has 0 saturated heterocycles. The minimum Gasteiger partial charge on any atom is -0.478 e. The highest BCUT2D eigenvalue weighted by atomic mass is 16.5. The van der Waals surface area contributed by atoms with E-state index >= 15 is 0 Å². The van der Waals surface area contributed by atoms with E-state index in [-0.39, 0.29) is 5.63 Å². The first-order chi connectivity index (χ1) is 13.8. The van der Waals surface area contributed by atoms with Crippen LogP contribution in [0.3, 0.4) is 0 Å². The first-order valence-electron chi connectivity index (χ1n) is 9.32. The Balaban J connectivity index is 1.54. The third-order valence-corrected chi connectivity index (χ3v) is 5.08. The first-order valence-corrected chi connectivity index (χ1v) is 9.32. The van der Waals surface area contributed by atoms with Crippen molar-refractivity contribution in [2.75, 3.05) is 6.73 Å². The number of fused-ring (bicyclic) bond motifs is 3. The summed E-state index contributed by atoms with van der Waals surface area (Å²) in [5.74, 6) is 0.785. The SMILES string of the molecule is O=c1oc2c3c(ccc2cc1-c1ccccc1)OCN(Cc1ccccc1)C3.